The fraction of sp³-hybridized carbons (Fsp3) is 0.235. The highest BCUT2D eigenvalue weighted by molar-refractivity contribution is 5.50. The van der Waals surface area contributed by atoms with E-state index in [1.54, 1.807) is 25.6 Å². The summed E-state index contributed by atoms with van der Waals surface area (Å²) in [6, 6.07) is 9.37. The van der Waals surface area contributed by atoms with Gasteiger partial charge in [-0.15, -0.1) is 0 Å². The number of benzene rings is 1. The van der Waals surface area contributed by atoms with E-state index >= 15 is 0 Å². The molecule has 4 heteroatoms. The number of ether oxygens (including phenoxy) is 2. The van der Waals surface area contributed by atoms with Gasteiger partial charge in [-0.25, -0.2) is 0 Å². The summed E-state index contributed by atoms with van der Waals surface area (Å²) in [6.45, 7) is 0.359. The molecule has 0 aliphatic heterocycles. The molecule has 21 heavy (non-hydrogen) atoms. The fourth-order valence-electron chi connectivity index (χ4n) is 1.82. The van der Waals surface area contributed by atoms with Crippen LogP contribution in [-0.2, 0) is 6.42 Å². The Morgan fingerprint density at radius 1 is 1.19 bits per heavy atom. The molecule has 0 saturated carbocycles. The summed E-state index contributed by atoms with van der Waals surface area (Å²) in [4.78, 5) is 3.98. The molecule has 4 nitrogen and oxygen atoms in total. The van der Waals surface area contributed by atoms with Gasteiger partial charge in [-0.05, 0) is 35.9 Å². The van der Waals surface area contributed by atoms with Crippen molar-refractivity contribution < 1.29 is 14.6 Å². The highest BCUT2D eigenvalue weighted by atomic mass is 16.5. The molecule has 0 bridgehead atoms. The van der Waals surface area contributed by atoms with Crippen molar-refractivity contribution in [2.24, 2.45) is 0 Å². The molecule has 2 rings (SSSR count). The average Bonchev–Trinajstić information content (AvgIpc) is 2.54. The van der Waals surface area contributed by atoms with Gasteiger partial charge in [0.2, 0.25) is 0 Å². The topological polar surface area (TPSA) is 51.6 Å². The Hall–Kier alpha value is -2.51. The van der Waals surface area contributed by atoms with E-state index in [4.69, 9.17) is 14.6 Å². The van der Waals surface area contributed by atoms with E-state index in [1.165, 1.54) is 5.56 Å². The van der Waals surface area contributed by atoms with E-state index in [0.29, 0.717) is 23.7 Å². The SMILES string of the molecule is COc1ccc(OCCc2ccncc2)c(C#CCO)c1. The van der Waals surface area contributed by atoms with E-state index in [0.717, 1.165) is 6.42 Å². The zero-order chi connectivity index (χ0) is 14.9. The zero-order valence-corrected chi connectivity index (χ0v) is 11.9. The second kappa shape index (κ2) is 7.93. The molecule has 1 aromatic heterocycles. The molecule has 0 aliphatic carbocycles. The minimum Gasteiger partial charge on any atom is -0.497 e. The molecule has 0 aliphatic rings. The Labute approximate surface area is 124 Å². The van der Waals surface area contributed by atoms with Gasteiger partial charge in [0, 0.05) is 18.8 Å². The van der Waals surface area contributed by atoms with Gasteiger partial charge < -0.3 is 14.6 Å². The smallest absolute Gasteiger partial charge is 0.135 e. The van der Waals surface area contributed by atoms with Gasteiger partial charge in [0.1, 0.15) is 18.1 Å². The number of methoxy groups -OCH3 is 1. The maximum atomic E-state index is 8.82. The number of pyridine rings is 1. The summed E-state index contributed by atoms with van der Waals surface area (Å²) < 4.78 is 10.9. The summed E-state index contributed by atoms with van der Waals surface area (Å²) in [7, 11) is 1.60. The van der Waals surface area contributed by atoms with Crippen LogP contribution in [-0.4, -0.2) is 30.4 Å². The third-order valence-corrected chi connectivity index (χ3v) is 2.89. The quantitative estimate of drug-likeness (QED) is 0.853. The van der Waals surface area contributed by atoms with Gasteiger partial charge in [0.15, 0.2) is 0 Å². The number of hydrogen-bond acceptors (Lipinski definition) is 4. The monoisotopic (exact) mass is 283 g/mol. The summed E-state index contributed by atoms with van der Waals surface area (Å²) in [6.07, 6.45) is 4.32. The number of aromatic nitrogens is 1. The standard InChI is InChI=1S/C17H17NO3/c1-20-16-4-5-17(15(13-16)3-2-11-19)21-12-8-14-6-9-18-10-7-14/h4-7,9-10,13,19H,8,11-12H2,1H3. The second-order valence-electron chi connectivity index (χ2n) is 4.28. The summed E-state index contributed by atoms with van der Waals surface area (Å²) in [5.74, 6) is 6.89. The third kappa shape index (κ3) is 4.51. The molecular weight excluding hydrogens is 266 g/mol. The van der Waals surface area contributed by atoms with Crippen LogP contribution in [0.1, 0.15) is 11.1 Å². The van der Waals surface area contributed by atoms with Crippen molar-refractivity contribution >= 4 is 0 Å². The van der Waals surface area contributed by atoms with Crippen molar-refractivity contribution in [3.63, 3.8) is 0 Å². The predicted molar refractivity (Wildman–Crippen MR) is 80.4 cm³/mol. The number of nitrogens with zero attached hydrogens (tertiary/aromatic N) is 1. The molecule has 1 aromatic carbocycles. The maximum absolute atomic E-state index is 8.82. The van der Waals surface area contributed by atoms with Crippen LogP contribution in [0.15, 0.2) is 42.7 Å². The first-order valence-corrected chi connectivity index (χ1v) is 6.63. The van der Waals surface area contributed by atoms with E-state index in [1.807, 2.05) is 24.3 Å². The number of hydrogen-bond donors (Lipinski definition) is 1. The van der Waals surface area contributed by atoms with Gasteiger partial charge in [-0.2, -0.15) is 0 Å². The van der Waals surface area contributed by atoms with Gasteiger partial charge in [0.05, 0.1) is 19.3 Å². The summed E-state index contributed by atoms with van der Waals surface area (Å²) >= 11 is 0. The van der Waals surface area contributed by atoms with Crippen LogP contribution >= 0.6 is 0 Å². The molecular formula is C17H17NO3. The number of aliphatic hydroxyl groups is 1. The second-order valence-corrected chi connectivity index (χ2v) is 4.28. The van der Waals surface area contributed by atoms with Crippen molar-refractivity contribution in [3.8, 4) is 23.3 Å². The van der Waals surface area contributed by atoms with Crippen molar-refractivity contribution in [1.29, 1.82) is 0 Å². The Bertz CT molecular complexity index is 629. The molecule has 2 aromatic rings. The molecule has 0 amide bonds. The largest absolute Gasteiger partial charge is 0.497 e. The first kappa shape index (κ1) is 14.9. The van der Waals surface area contributed by atoms with Crippen LogP contribution in [0.25, 0.3) is 0 Å². The van der Waals surface area contributed by atoms with Crippen molar-refractivity contribution in [1.82, 2.24) is 4.98 Å². The Morgan fingerprint density at radius 2 is 2.00 bits per heavy atom. The van der Waals surface area contributed by atoms with E-state index < -0.39 is 0 Å². The molecule has 0 atom stereocenters. The normalized spacial score (nSPS) is 9.62. The first-order valence-electron chi connectivity index (χ1n) is 6.63. The predicted octanol–water partition coefficient (Wildman–Crippen LogP) is 2.06. The van der Waals surface area contributed by atoms with E-state index in [9.17, 15) is 0 Å². The lowest BCUT2D eigenvalue weighted by atomic mass is 10.2. The highest BCUT2D eigenvalue weighted by Gasteiger charge is 2.04. The molecule has 0 radical (unpaired) electrons. The fourth-order valence-corrected chi connectivity index (χ4v) is 1.82. The van der Waals surface area contributed by atoms with Crippen LogP contribution in [0, 0.1) is 11.8 Å². The molecule has 0 saturated heterocycles. The Balaban J connectivity index is 2.04. The Morgan fingerprint density at radius 3 is 2.71 bits per heavy atom. The molecule has 108 valence electrons. The van der Waals surface area contributed by atoms with Gasteiger partial charge in [0.25, 0.3) is 0 Å². The highest BCUT2D eigenvalue weighted by Crippen LogP contribution is 2.23. The minimum absolute atomic E-state index is 0.187. The van der Waals surface area contributed by atoms with Crippen LogP contribution in [0.2, 0.25) is 0 Å². The average molecular weight is 283 g/mol. The molecule has 0 fully saturated rings. The lowest BCUT2D eigenvalue weighted by Gasteiger charge is -2.10. The first-order chi connectivity index (χ1) is 10.3. The Kier molecular flexibility index (Phi) is 5.62. The third-order valence-electron chi connectivity index (χ3n) is 2.89. The van der Waals surface area contributed by atoms with E-state index in [2.05, 4.69) is 16.8 Å². The maximum Gasteiger partial charge on any atom is 0.135 e. The van der Waals surface area contributed by atoms with Gasteiger partial charge >= 0.3 is 0 Å². The zero-order valence-electron chi connectivity index (χ0n) is 11.9. The molecule has 1 N–H and O–H groups in total. The summed E-state index contributed by atoms with van der Waals surface area (Å²) in [5.41, 5.74) is 1.87. The molecule has 0 unspecified atom stereocenters. The van der Waals surface area contributed by atoms with Gasteiger partial charge in [-0.1, -0.05) is 11.8 Å². The lowest BCUT2D eigenvalue weighted by molar-refractivity contribution is 0.320. The molecule has 0 spiro atoms. The number of aliphatic hydroxyl groups excluding tert-OH is 1. The number of rotatable bonds is 5. The van der Waals surface area contributed by atoms with E-state index in [-0.39, 0.29) is 6.61 Å². The minimum atomic E-state index is -0.187. The summed E-state index contributed by atoms with van der Waals surface area (Å²) in [5, 5.41) is 8.82. The van der Waals surface area contributed by atoms with Gasteiger partial charge in [-0.3, -0.25) is 4.98 Å². The van der Waals surface area contributed by atoms with Crippen LogP contribution in [0.3, 0.4) is 0 Å². The van der Waals surface area contributed by atoms with Crippen LogP contribution in [0.5, 0.6) is 11.5 Å². The molecule has 1 heterocycles. The van der Waals surface area contributed by atoms with Crippen molar-refractivity contribution in [3.05, 3.63) is 53.9 Å². The van der Waals surface area contributed by atoms with Crippen molar-refractivity contribution in [2.45, 2.75) is 6.42 Å². The van der Waals surface area contributed by atoms with Crippen LogP contribution in [0.4, 0.5) is 0 Å². The van der Waals surface area contributed by atoms with Crippen molar-refractivity contribution in [2.75, 3.05) is 20.3 Å². The van der Waals surface area contributed by atoms with Crippen LogP contribution < -0.4 is 9.47 Å². The lowest BCUT2D eigenvalue weighted by Crippen LogP contribution is -2.03.